The molecule has 0 saturated carbocycles. The molecule has 0 bridgehead atoms. The fourth-order valence-corrected chi connectivity index (χ4v) is 0.378. The summed E-state index contributed by atoms with van der Waals surface area (Å²) in [7, 11) is 0. The molecular weight excluding hydrogens is 104 g/mol. The molecule has 0 aliphatic carbocycles. The Morgan fingerprint density at radius 3 is 2.62 bits per heavy atom. The van der Waals surface area contributed by atoms with Gasteiger partial charge in [0.25, 0.3) is 0 Å². The molecule has 0 aromatic carbocycles. The molecule has 0 aromatic rings. The number of carbonyl (C=O) groups excluding carboxylic acids is 1. The lowest BCUT2D eigenvalue weighted by molar-refractivity contribution is -0.118. The molecule has 1 atom stereocenters. The second-order valence-corrected chi connectivity index (χ2v) is 1.71. The van der Waals surface area contributed by atoms with Crippen LogP contribution in [0, 0.1) is 0 Å². The summed E-state index contributed by atoms with van der Waals surface area (Å²) in [5, 5.41) is 8.69. The van der Waals surface area contributed by atoms with Gasteiger partial charge in [-0.2, -0.15) is 0 Å². The van der Waals surface area contributed by atoms with E-state index in [0.29, 0.717) is 0 Å². The highest BCUT2D eigenvalue weighted by Gasteiger charge is 1.99. The van der Waals surface area contributed by atoms with E-state index in [0.717, 1.165) is 0 Å². The third kappa shape index (κ3) is 3.56. The van der Waals surface area contributed by atoms with E-state index >= 15 is 0 Å². The number of aliphatic hydroxyl groups excluding tert-OH is 1. The molecule has 0 aliphatic heterocycles. The molecule has 0 saturated heterocycles. The molecule has 0 aromatic heterocycles. The Hall–Kier alpha value is -0.630. The zero-order valence-corrected chi connectivity index (χ0v) is 4.92. The SMILES string of the molecule is C=C[C@@H](O)CC(C)=O. The van der Waals surface area contributed by atoms with E-state index in [-0.39, 0.29) is 12.2 Å². The van der Waals surface area contributed by atoms with Gasteiger partial charge in [-0.15, -0.1) is 6.58 Å². The van der Waals surface area contributed by atoms with Gasteiger partial charge < -0.3 is 5.11 Å². The van der Waals surface area contributed by atoms with Gasteiger partial charge >= 0.3 is 0 Å². The highest BCUT2D eigenvalue weighted by atomic mass is 16.3. The average molecular weight is 114 g/mol. The predicted octanol–water partition coefficient (Wildman–Crippen LogP) is 0.512. The minimum Gasteiger partial charge on any atom is -0.389 e. The number of hydrogen-bond donors (Lipinski definition) is 1. The fraction of sp³-hybridized carbons (Fsp3) is 0.500. The van der Waals surface area contributed by atoms with Crippen molar-refractivity contribution in [1.82, 2.24) is 0 Å². The molecule has 0 unspecified atom stereocenters. The summed E-state index contributed by atoms with van der Waals surface area (Å²) in [6, 6.07) is 0. The number of carbonyl (C=O) groups is 1. The van der Waals surface area contributed by atoms with Crippen molar-refractivity contribution in [2.45, 2.75) is 19.4 Å². The second kappa shape index (κ2) is 3.38. The molecular formula is C6H10O2. The minimum absolute atomic E-state index is 0.0163. The van der Waals surface area contributed by atoms with Crippen LogP contribution in [0.3, 0.4) is 0 Å². The first-order valence-corrected chi connectivity index (χ1v) is 2.47. The molecule has 8 heavy (non-hydrogen) atoms. The van der Waals surface area contributed by atoms with Gasteiger partial charge in [0.1, 0.15) is 5.78 Å². The molecule has 0 rings (SSSR count). The Kier molecular flexibility index (Phi) is 3.12. The van der Waals surface area contributed by atoms with Gasteiger partial charge in [0, 0.05) is 6.42 Å². The molecule has 0 heterocycles. The van der Waals surface area contributed by atoms with Gasteiger partial charge in [-0.25, -0.2) is 0 Å². The van der Waals surface area contributed by atoms with Crippen LogP contribution in [-0.2, 0) is 4.79 Å². The number of rotatable bonds is 3. The lowest BCUT2D eigenvalue weighted by atomic mass is 10.2. The van der Waals surface area contributed by atoms with Crippen molar-refractivity contribution in [3.63, 3.8) is 0 Å². The molecule has 0 aliphatic rings. The van der Waals surface area contributed by atoms with Crippen LogP contribution in [0.2, 0.25) is 0 Å². The van der Waals surface area contributed by atoms with Crippen LogP contribution in [0.5, 0.6) is 0 Å². The fourth-order valence-electron chi connectivity index (χ4n) is 0.378. The summed E-state index contributed by atoms with van der Waals surface area (Å²) >= 11 is 0. The number of aliphatic hydroxyl groups is 1. The first-order valence-electron chi connectivity index (χ1n) is 2.47. The van der Waals surface area contributed by atoms with Gasteiger partial charge in [-0.05, 0) is 6.92 Å². The first kappa shape index (κ1) is 7.37. The molecule has 0 spiro atoms. The maximum Gasteiger partial charge on any atom is 0.132 e. The molecule has 1 N–H and O–H groups in total. The Labute approximate surface area is 48.8 Å². The molecule has 0 radical (unpaired) electrons. The van der Waals surface area contributed by atoms with E-state index in [2.05, 4.69) is 6.58 Å². The van der Waals surface area contributed by atoms with Crippen molar-refractivity contribution in [3.05, 3.63) is 12.7 Å². The van der Waals surface area contributed by atoms with Gasteiger partial charge in [-0.1, -0.05) is 6.08 Å². The van der Waals surface area contributed by atoms with E-state index < -0.39 is 6.10 Å². The molecule has 0 fully saturated rings. The van der Waals surface area contributed by atoms with E-state index in [1.165, 1.54) is 13.0 Å². The highest BCUT2D eigenvalue weighted by molar-refractivity contribution is 5.76. The second-order valence-electron chi connectivity index (χ2n) is 1.71. The molecule has 2 nitrogen and oxygen atoms in total. The smallest absolute Gasteiger partial charge is 0.132 e. The zero-order valence-electron chi connectivity index (χ0n) is 4.92. The van der Waals surface area contributed by atoms with Gasteiger partial charge in [0.15, 0.2) is 0 Å². The molecule has 2 heteroatoms. The highest BCUT2D eigenvalue weighted by Crippen LogP contribution is 1.91. The Morgan fingerprint density at radius 2 is 2.50 bits per heavy atom. The van der Waals surface area contributed by atoms with E-state index in [9.17, 15) is 4.79 Å². The summed E-state index contributed by atoms with van der Waals surface area (Å²) < 4.78 is 0. The number of ketones is 1. The summed E-state index contributed by atoms with van der Waals surface area (Å²) in [5.41, 5.74) is 0. The molecule has 46 valence electrons. The van der Waals surface area contributed by atoms with E-state index in [4.69, 9.17) is 5.11 Å². The van der Waals surface area contributed by atoms with Crippen LogP contribution >= 0.6 is 0 Å². The van der Waals surface area contributed by atoms with Crippen LogP contribution in [0.25, 0.3) is 0 Å². The number of Topliss-reactive ketones (excluding diaryl/α,β-unsaturated/α-hetero) is 1. The quantitative estimate of drug-likeness (QED) is 0.543. The molecule has 0 amide bonds. The lowest BCUT2D eigenvalue weighted by Crippen LogP contribution is -2.06. The van der Waals surface area contributed by atoms with Crippen molar-refractivity contribution >= 4 is 5.78 Å². The summed E-state index contributed by atoms with van der Waals surface area (Å²) in [6.45, 7) is 4.75. The average Bonchev–Trinajstić information content (AvgIpc) is 1.65. The topological polar surface area (TPSA) is 37.3 Å². The lowest BCUT2D eigenvalue weighted by Gasteiger charge is -1.97. The Bertz CT molecular complexity index is 96.7. The van der Waals surface area contributed by atoms with Gasteiger partial charge in [-0.3, -0.25) is 4.79 Å². The van der Waals surface area contributed by atoms with Gasteiger partial charge in [0.2, 0.25) is 0 Å². The summed E-state index contributed by atoms with van der Waals surface area (Å²) in [5.74, 6) is -0.0163. The Morgan fingerprint density at radius 1 is 2.00 bits per heavy atom. The van der Waals surface area contributed by atoms with Crippen molar-refractivity contribution in [2.24, 2.45) is 0 Å². The Balaban J connectivity index is 3.38. The largest absolute Gasteiger partial charge is 0.389 e. The predicted molar refractivity (Wildman–Crippen MR) is 31.5 cm³/mol. The van der Waals surface area contributed by atoms with Gasteiger partial charge in [0.05, 0.1) is 6.10 Å². The minimum atomic E-state index is -0.660. The van der Waals surface area contributed by atoms with Crippen molar-refractivity contribution in [2.75, 3.05) is 0 Å². The van der Waals surface area contributed by atoms with Crippen LogP contribution < -0.4 is 0 Å². The van der Waals surface area contributed by atoms with Crippen LogP contribution in [-0.4, -0.2) is 17.0 Å². The third-order valence-electron chi connectivity index (χ3n) is 0.769. The maximum absolute atomic E-state index is 10.2. The first-order chi connectivity index (χ1) is 3.66. The van der Waals surface area contributed by atoms with Crippen molar-refractivity contribution in [3.8, 4) is 0 Å². The number of hydrogen-bond acceptors (Lipinski definition) is 2. The standard InChI is InChI=1S/C6H10O2/c1-3-6(8)4-5(2)7/h3,6,8H,1,4H2,2H3/t6-/m1/s1. The zero-order chi connectivity index (χ0) is 6.57. The maximum atomic E-state index is 10.2. The van der Waals surface area contributed by atoms with Crippen LogP contribution in [0.15, 0.2) is 12.7 Å². The summed E-state index contributed by atoms with van der Waals surface area (Å²) in [4.78, 5) is 10.2. The third-order valence-corrected chi connectivity index (χ3v) is 0.769. The summed E-state index contributed by atoms with van der Waals surface area (Å²) in [6.07, 6.45) is 0.873. The van der Waals surface area contributed by atoms with Crippen molar-refractivity contribution < 1.29 is 9.90 Å². The van der Waals surface area contributed by atoms with E-state index in [1.807, 2.05) is 0 Å². The monoisotopic (exact) mass is 114 g/mol. The van der Waals surface area contributed by atoms with Crippen molar-refractivity contribution in [1.29, 1.82) is 0 Å². The van der Waals surface area contributed by atoms with Crippen LogP contribution in [0.4, 0.5) is 0 Å². The van der Waals surface area contributed by atoms with Crippen LogP contribution in [0.1, 0.15) is 13.3 Å². The van der Waals surface area contributed by atoms with E-state index in [1.54, 1.807) is 0 Å². The normalized spacial score (nSPS) is 12.8.